The van der Waals surface area contributed by atoms with Crippen molar-refractivity contribution in [3.05, 3.63) is 73.0 Å². The zero-order chi connectivity index (χ0) is 21.4. The molecule has 5 rings (SSSR count). The molecule has 0 aliphatic heterocycles. The van der Waals surface area contributed by atoms with E-state index in [9.17, 15) is 5.26 Å². The quantitative estimate of drug-likeness (QED) is 0.368. The molecule has 0 radical (unpaired) electrons. The van der Waals surface area contributed by atoms with Gasteiger partial charge in [-0.2, -0.15) is 10.4 Å². The highest BCUT2D eigenvalue weighted by Crippen LogP contribution is 2.32. The minimum atomic E-state index is 0.431. The Morgan fingerprint density at radius 1 is 1.13 bits per heavy atom. The molecule has 0 unspecified atom stereocenters. The molecule has 8 nitrogen and oxygen atoms in total. The summed E-state index contributed by atoms with van der Waals surface area (Å²) in [5.41, 5.74) is 6.30. The fourth-order valence-corrected chi connectivity index (χ4v) is 3.53. The predicted molar refractivity (Wildman–Crippen MR) is 119 cm³/mol. The SMILES string of the molecule is C=C(Nc1cncc(-c2cnc3n[nH]c(-c4cc5c(C#N)cccc5[nH]4)c3c2)c1)OC. The molecule has 0 spiro atoms. The van der Waals surface area contributed by atoms with Crippen molar-refractivity contribution < 1.29 is 4.74 Å². The van der Waals surface area contributed by atoms with Crippen molar-refractivity contribution in [2.75, 3.05) is 12.4 Å². The average molecular weight is 407 g/mol. The summed E-state index contributed by atoms with van der Waals surface area (Å²) >= 11 is 0. The summed E-state index contributed by atoms with van der Waals surface area (Å²) in [5.74, 6) is 0.431. The molecule has 3 N–H and O–H groups in total. The van der Waals surface area contributed by atoms with E-state index in [0.717, 1.165) is 44.5 Å². The Balaban J connectivity index is 1.59. The zero-order valence-corrected chi connectivity index (χ0v) is 16.6. The number of nitrogens with zero attached hydrogens (tertiary/aromatic N) is 4. The zero-order valence-electron chi connectivity index (χ0n) is 16.6. The summed E-state index contributed by atoms with van der Waals surface area (Å²) in [6, 6.07) is 13.8. The number of aromatic nitrogens is 5. The second-order valence-electron chi connectivity index (χ2n) is 6.97. The van der Waals surface area contributed by atoms with Gasteiger partial charge in [-0.3, -0.25) is 10.1 Å². The number of nitrogens with one attached hydrogen (secondary N) is 3. The Bertz CT molecular complexity index is 1490. The lowest BCUT2D eigenvalue weighted by molar-refractivity contribution is 0.299. The molecule has 4 heterocycles. The van der Waals surface area contributed by atoms with E-state index in [1.807, 2.05) is 30.3 Å². The van der Waals surface area contributed by atoms with Crippen molar-refractivity contribution >= 4 is 27.6 Å². The maximum Gasteiger partial charge on any atom is 0.183 e. The minimum absolute atomic E-state index is 0.431. The summed E-state index contributed by atoms with van der Waals surface area (Å²) in [5, 5.41) is 21.6. The average Bonchev–Trinajstić information content (AvgIpc) is 3.42. The number of H-pyrrole nitrogens is 2. The molecule has 5 aromatic rings. The molecule has 0 saturated heterocycles. The van der Waals surface area contributed by atoms with Crippen molar-refractivity contribution in [1.29, 1.82) is 5.26 Å². The number of ether oxygens (including phenoxy) is 1. The third-order valence-corrected chi connectivity index (χ3v) is 5.07. The van der Waals surface area contributed by atoms with Crippen LogP contribution >= 0.6 is 0 Å². The summed E-state index contributed by atoms with van der Waals surface area (Å²) in [4.78, 5) is 12.2. The van der Waals surface area contributed by atoms with Crippen LogP contribution in [0.2, 0.25) is 0 Å². The van der Waals surface area contributed by atoms with E-state index in [1.165, 1.54) is 0 Å². The smallest absolute Gasteiger partial charge is 0.183 e. The molecule has 8 heteroatoms. The fraction of sp³-hybridized carbons (Fsp3) is 0.0435. The second-order valence-corrected chi connectivity index (χ2v) is 6.97. The first-order valence-electron chi connectivity index (χ1n) is 9.48. The number of hydrogen-bond donors (Lipinski definition) is 3. The number of pyridine rings is 2. The Labute approximate surface area is 177 Å². The van der Waals surface area contributed by atoms with Crippen LogP contribution in [0.25, 0.3) is 44.5 Å². The van der Waals surface area contributed by atoms with Gasteiger partial charge < -0.3 is 15.0 Å². The summed E-state index contributed by atoms with van der Waals surface area (Å²) < 4.78 is 5.07. The molecule has 0 amide bonds. The van der Waals surface area contributed by atoms with Crippen LogP contribution in [0.1, 0.15) is 5.56 Å². The third kappa shape index (κ3) is 3.24. The highest BCUT2D eigenvalue weighted by atomic mass is 16.5. The van der Waals surface area contributed by atoms with E-state index in [1.54, 1.807) is 31.8 Å². The molecule has 0 atom stereocenters. The van der Waals surface area contributed by atoms with Crippen LogP contribution in [-0.2, 0) is 4.74 Å². The number of nitriles is 1. The molecule has 0 bridgehead atoms. The second kappa shape index (κ2) is 7.31. The van der Waals surface area contributed by atoms with Gasteiger partial charge in [-0.15, -0.1) is 0 Å². The standard InChI is InChI=1S/C23H17N7O/c1-13(31-2)27-17-6-15(10-25-12-17)16-7-19-22(29-30-23(19)26-11-16)21-8-18-14(9-24)4-3-5-20(18)28-21/h3-8,10-12,27-28H,1H2,2H3,(H,26,29,30). The van der Waals surface area contributed by atoms with Crippen LogP contribution in [0.5, 0.6) is 0 Å². The van der Waals surface area contributed by atoms with Gasteiger partial charge in [0.25, 0.3) is 0 Å². The van der Waals surface area contributed by atoms with E-state index in [0.29, 0.717) is 17.1 Å². The molecular weight excluding hydrogens is 390 g/mol. The molecule has 0 aliphatic rings. The number of rotatable bonds is 5. The number of benzene rings is 1. The predicted octanol–water partition coefficient (Wildman–Crippen LogP) is 4.57. The first kappa shape index (κ1) is 18.4. The topological polar surface area (TPSA) is 115 Å². The number of fused-ring (bicyclic) bond motifs is 2. The third-order valence-electron chi connectivity index (χ3n) is 5.07. The van der Waals surface area contributed by atoms with Crippen molar-refractivity contribution in [3.63, 3.8) is 0 Å². The lowest BCUT2D eigenvalue weighted by Crippen LogP contribution is -2.00. The van der Waals surface area contributed by atoms with Gasteiger partial charge in [-0.05, 0) is 36.9 Å². The molecule has 0 saturated carbocycles. The summed E-state index contributed by atoms with van der Waals surface area (Å²) in [6.07, 6.45) is 5.23. The molecule has 0 aliphatic carbocycles. The minimum Gasteiger partial charge on any atom is -0.483 e. The van der Waals surface area contributed by atoms with Crippen molar-refractivity contribution in [2.45, 2.75) is 0 Å². The van der Waals surface area contributed by atoms with Crippen LogP contribution in [0.4, 0.5) is 5.69 Å². The highest BCUT2D eigenvalue weighted by Gasteiger charge is 2.14. The Morgan fingerprint density at radius 2 is 2.00 bits per heavy atom. The molecular formula is C23H17N7O. The Hall–Kier alpha value is -4.64. The molecule has 4 aromatic heterocycles. The highest BCUT2D eigenvalue weighted by molar-refractivity contribution is 5.97. The van der Waals surface area contributed by atoms with Crippen LogP contribution in [0.3, 0.4) is 0 Å². The van der Waals surface area contributed by atoms with Crippen LogP contribution < -0.4 is 5.32 Å². The first-order chi connectivity index (χ1) is 15.2. The number of anilines is 1. The van der Waals surface area contributed by atoms with Crippen LogP contribution in [-0.4, -0.2) is 32.3 Å². The van der Waals surface area contributed by atoms with Gasteiger partial charge in [-0.25, -0.2) is 4.98 Å². The molecule has 31 heavy (non-hydrogen) atoms. The van der Waals surface area contributed by atoms with Gasteiger partial charge >= 0.3 is 0 Å². The van der Waals surface area contributed by atoms with Crippen molar-refractivity contribution in [1.82, 2.24) is 25.1 Å². The molecule has 150 valence electrons. The number of methoxy groups -OCH3 is 1. The molecule has 1 aromatic carbocycles. The maximum atomic E-state index is 9.38. The lowest BCUT2D eigenvalue weighted by atomic mass is 10.1. The van der Waals surface area contributed by atoms with E-state index in [2.05, 4.69) is 43.1 Å². The maximum absolute atomic E-state index is 9.38. The van der Waals surface area contributed by atoms with Crippen molar-refractivity contribution in [2.24, 2.45) is 0 Å². The van der Waals surface area contributed by atoms with Gasteiger partial charge in [0, 0.05) is 39.8 Å². The van der Waals surface area contributed by atoms with Crippen LogP contribution in [0.15, 0.2) is 67.5 Å². The summed E-state index contributed by atoms with van der Waals surface area (Å²) in [6.45, 7) is 3.77. The first-order valence-corrected chi connectivity index (χ1v) is 9.48. The normalized spacial score (nSPS) is 10.8. The van der Waals surface area contributed by atoms with Gasteiger partial charge in [0.1, 0.15) is 0 Å². The Morgan fingerprint density at radius 3 is 2.84 bits per heavy atom. The van der Waals surface area contributed by atoms with Gasteiger partial charge in [0.2, 0.25) is 0 Å². The number of hydrogen-bond acceptors (Lipinski definition) is 6. The van der Waals surface area contributed by atoms with E-state index in [4.69, 9.17) is 4.74 Å². The summed E-state index contributed by atoms with van der Waals surface area (Å²) in [7, 11) is 1.55. The lowest BCUT2D eigenvalue weighted by Gasteiger charge is -2.09. The number of aromatic amines is 2. The van der Waals surface area contributed by atoms with E-state index < -0.39 is 0 Å². The monoisotopic (exact) mass is 407 g/mol. The Kier molecular flexibility index (Phi) is 4.34. The van der Waals surface area contributed by atoms with E-state index in [-0.39, 0.29) is 0 Å². The largest absolute Gasteiger partial charge is 0.483 e. The van der Waals surface area contributed by atoms with Crippen LogP contribution in [0, 0.1) is 11.3 Å². The van der Waals surface area contributed by atoms with Gasteiger partial charge in [0.05, 0.1) is 42.0 Å². The van der Waals surface area contributed by atoms with Gasteiger partial charge in [-0.1, -0.05) is 6.07 Å². The van der Waals surface area contributed by atoms with Gasteiger partial charge in [0.15, 0.2) is 11.5 Å². The fourth-order valence-electron chi connectivity index (χ4n) is 3.53. The molecule has 0 fully saturated rings. The van der Waals surface area contributed by atoms with E-state index >= 15 is 0 Å². The van der Waals surface area contributed by atoms with Crippen molar-refractivity contribution in [3.8, 4) is 28.6 Å².